The fourth-order valence-electron chi connectivity index (χ4n) is 2.40. The lowest BCUT2D eigenvalue weighted by atomic mass is 10.1. The van der Waals surface area contributed by atoms with Crippen molar-refractivity contribution >= 4 is 23.2 Å². The Bertz CT molecular complexity index is 766. The summed E-state index contributed by atoms with van der Waals surface area (Å²) in [6.45, 7) is 4.00. The molecule has 0 fully saturated rings. The minimum atomic E-state index is -0.747. The Labute approximate surface area is 133 Å². The Morgan fingerprint density at radius 1 is 0.826 bits per heavy atom. The number of hydrogen-bond acceptors (Lipinski definition) is 4. The van der Waals surface area contributed by atoms with Gasteiger partial charge in [0.2, 0.25) is 6.79 Å². The monoisotopic (exact) mass is 312 g/mol. The lowest BCUT2D eigenvalue weighted by molar-refractivity contribution is -0.132. The number of aryl methyl sites for hydroxylation is 2. The summed E-state index contributed by atoms with van der Waals surface area (Å²) in [5, 5.41) is 5.12. The zero-order valence-electron chi connectivity index (χ0n) is 12.8. The van der Waals surface area contributed by atoms with Gasteiger partial charge < -0.3 is 20.1 Å². The molecule has 1 aliphatic heterocycles. The highest BCUT2D eigenvalue weighted by atomic mass is 16.7. The zero-order valence-corrected chi connectivity index (χ0v) is 12.8. The molecule has 1 aliphatic rings. The maximum absolute atomic E-state index is 12.0. The van der Waals surface area contributed by atoms with Crippen molar-refractivity contribution in [2.75, 3.05) is 17.4 Å². The quantitative estimate of drug-likeness (QED) is 0.836. The van der Waals surface area contributed by atoms with Crippen LogP contribution in [0, 0.1) is 13.8 Å². The fraction of sp³-hybridized carbons (Fsp3) is 0.176. The first kappa shape index (κ1) is 14.9. The van der Waals surface area contributed by atoms with Crippen molar-refractivity contribution in [3.63, 3.8) is 0 Å². The SMILES string of the molecule is Cc1cc(C)cc(NC(=O)C(=O)Nc2ccc3c(c2)OCO3)c1. The number of benzene rings is 2. The predicted octanol–water partition coefficient (Wildman–Crippen LogP) is 2.61. The number of rotatable bonds is 2. The average Bonchev–Trinajstić information content (AvgIpc) is 2.93. The second-order valence-electron chi connectivity index (χ2n) is 5.35. The molecule has 2 aromatic rings. The summed E-state index contributed by atoms with van der Waals surface area (Å²) in [4.78, 5) is 24.0. The molecule has 0 aliphatic carbocycles. The topological polar surface area (TPSA) is 76.7 Å². The van der Waals surface area contributed by atoms with Gasteiger partial charge in [0.25, 0.3) is 0 Å². The highest BCUT2D eigenvalue weighted by Crippen LogP contribution is 2.34. The highest BCUT2D eigenvalue weighted by Gasteiger charge is 2.17. The van der Waals surface area contributed by atoms with E-state index < -0.39 is 11.8 Å². The second-order valence-corrected chi connectivity index (χ2v) is 5.35. The van der Waals surface area contributed by atoms with Crippen LogP contribution in [0.15, 0.2) is 36.4 Å². The van der Waals surface area contributed by atoms with Crippen molar-refractivity contribution in [2.24, 2.45) is 0 Å². The standard InChI is InChI=1S/C17H16N2O4/c1-10-5-11(2)7-13(6-10)19-17(21)16(20)18-12-3-4-14-15(8-12)23-9-22-14/h3-8H,9H2,1-2H3,(H,18,20)(H,19,21). The molecule has 1 heterocycles. The minimum absolute atomic E-state index is 0.153. The van der Waals surface area contributed by atoms with Gasteiger partial charge in [0.05, 0.1) is 0 Å². The smallest absolute Gasteiger partial charge is 0.314 e. The van der Waals surface area contributed by atoms with Gasteiger partial charge >= 0.3 is 11.8 Å². The van der Waals surface area contributed by atoms with Gasteiger partial charge in [-0.2, -0.15) is 0 Å². The Morgan fingerprint density at radius 2 is 1.43 bits per heavy atom. The number of hydrogen-bond donors (Lipinski definition) is 2. The Kier molecular flexibility index (Phi) is 3.89. The molecular weight excluding hydrogens is 296 g/mol. The van der Waals surface area contributed by atoms with Gasteiger partial charge in [-0.25, -0.2) is 0 Å². The summed E-state index contributed by atoms with van der Waals surface area (Å²) in [6.07, 6.45) is 0. The molecular formula is C17H16N2O4. The molecule has 0 aromatic heterocycles. The summed E-state index contributed by atoms with van der Waals surface area (Å²) >= 11 is 0. The third kappa shape index (κ3) is 3.42. The van der Waals surface area contributed by atoms with Crippen LogP contribution < -0.4 is 20.1 Å². The summed E-state index contributed by atoms with van der Waals surface area (Å²) in [6, 6.07) is 10.5. The Hall–Kier alpha value is -3.02. The summed E-state index contributed by atoms with van der Waals surface area (Å²) < 4.78 is 10.4. The molecule has 0 saturated carbocycles. The van der Waals surface area contributed by atoms with Crippen molar-refractivity contribution in [1.29, 1.82) is 0 Å². The summed E-state index contributed by atoms with van der Waals surface area (Å²) in [5.41, 5.74) is 3.08. The molecule has 0 unspecified atom stereocenters. The molecule has 0 spiro atoms. The molecule has 0 atom stereocenters. The normalized spacial score (nSPS) is 11.9. The number of nitrogens with one attached hydrogen (secondary N) is 2. The van der Waals surface area contributed by atoms with Crippen LogP contribution >= 0.6 is 0 Å². The largest absolute Gasteiger partial charge is 0.454 e. The van der Waals surface area contributed by atoms with Gasteiger partial charge in [-0.15, -0.1) is 0 Å². The molecule has 0 bridgehead atoms. The van der Waals surface area contributed by atoms with Crippen molar-refractivity contribution in [2.45, 2.75) is 13.8 Å². The molecule has 6 heteroatoms. The molecule has 2 amide bonds. The van der Waals surface area contributed by atoms with E-state index in [1.807, 2.05) is 19.9 Å². The van der Waals surface area contributed by atoms with E-state index in [-0.39, 0.29) is 6.79 Å². The van der Waals surface area contributed by atoms with E-state index in [0.29, 0.717) is 22.9 Å². The predicted molar refractivity (Wildman–Crippen MR) is 85.7 cm³/mol. The number of anilines is 2. The summed E-state index contributed by atoms with van der Waals surface area (Å²) in [5.74, 6) is -0.323. The molecule has 0 radical (unpaired) electrons. The van der Waals surface area contributed by atoms with Crippen LogP contribution in [-0.4, -0.2) is 18.6 Å². The van der Waals surface area contributed by atoms with Crippen LogP contribution in [0.2, 0.25) is 0 Å². The van der Waals surface area contributed by atoms with Gasteiger partial charge in [-0.05, 0) is 49.2 Å². The van der Waals surface area contributed by atoms with Crippen molar-refractivity contribution in [1.82, 2.24) is 0 Å². The third-order valence-electron chi connectivity index (χ3n) is 3.32. The third-order valence-corrected chi connectivity index (χ3v) is 3.32. The Morgan fingerprint density at radius 3 is 2.13 bits per heavy atom. The molecule has 3 rings (SSSR count). The van der Waals surface area contributed by atoms with Gasteiger partial charge in [0.1, 0.15) is 0 Å². The molecule has 2 N–H and O–H groups in total. The van der Waals surface area contributed by atoms with Gasteiger partial charge in [0.15, 0.2) is 11.5 Å². The van der Waals surface area contributed by atoms with Crippen molar-refractivity contribution in [3.8, 4) is 11.5 Å². The number of amides is 2. The molecule has 0 saturated heterocycles. The maximum atomic E-state index is 12.0. The average molecular weight is 312 g/mol. The molecule has 23 heavy (non-hydrogen) atoms. The van der Waals surface area contributed by atoms with Gasteiger partial charge in [-0.1, -0.05) is 6.07 Å². The van der Waals surface area contributed by atoms with E-state index in [0.717, 1.165) is 11.1 Å². The van der Waals surface area contributed by atoms with Crippen LogP contribution in [0.5, 0.6) is 11.5 Å². The number of carbonyl (C=O) groups is 2. The highest BCUT2D eigenvalue weighted by molar-refractivity contribution is 6.43. The van der Waals surface area contributed by atoms with Crippen LogP contribution in [0.3, 0.4) is 0 Å². The maximum Gasteiger partial charge on any atom is 0.314 e. The van der Waals surface area contributed by atoms with Gasteiger partial charge in [0, 0.05) is 17.4 Å². The van der Waals surface area contributed by atoms with Crippen molar-refractivity contribution in [3.05, 3.63) is 47.5 Å². The number of fused-ring (bicyclic) bond motifs is 1. The fourth-order valence-corrected chi connectivity index (χ4v) is 2.40. The molecule has 118 valence electrons. The number of ether oxygens (including phenoxy) is 2. The number of carbonyl (C=O) groups excluding carboxylic acids is 2. The van der Waals surface area contributed by atoms with Crippen LogP contribution in [0.4, 0.5) is 11.4 Å². The first-order valence-electron chi connectivity index (χ1n) is 7.11. The van der Waals surface area contributed by atoms with E-state index in [4.69, 9.17) is 9.47 Å². The van der Waals surface area contributed by atoms with Crippen LogP contribution in [-0.2, 0) is 9.59 Å². The van der Waals surface area contributed by atoms with E-state index in [1.54, 1.807) is 30.3 Å². The summed E-state index contributed by atoms with van der Waals surface area (Å²) in [7, 11) is 0. The minimum Gasteiger partial charge on any atom is -0.454 e. The molecule has 6 nitrogen and oxygen atoms in total. The zero-order chi connectivity index (χ0) is 16.4. The Balaban J connectivity index is 1.67. The van der Waals surface area contributed by atoms with Crippen LogP contribution in [0.1, 0.15) is 11.1 Å². The first-order chi connectivity index (χ1) is 11.0. The van der Waals surface area contributed by atoms with E-state index >= 15 is 0 Å². The van der Waals surface area contributed by atoms with Crippen molar-refractivity contribution < 1.29 is 19.1 Å². The lowest BCUT2D eigenvalue weighted by Gasteiger charge is -2.08. The van der Waals surface area contributed by atoms with E-state index in [1.165, 1.54) is 0 Å². The van der Waals surface area contributed by atoms with Crippen LogP contribution in [0.25, 0.3) is 0 Å². The van der Waals surface area contributed by atoms with E-state index in [2.05, 4.69) is 10.6 Å². The first-order valence-corrected chi connectivity index (χ1v) is 7.11. The second kappa shape index (κ2) is 6.00. The lowest BCUT2D eigenvalue weighted by Crippen LogP contribution is -2.29. The van der Waals surface area contributed by atoms with E-state index in [9.17, 15) is 9.59 Å². The molecule has 2 aromatic carbocycles. The van der Waals surface area contributed by atoms with Gasteiger partial charge in [-0.3, -0.25) is 9.59 Å².